The Morgan fingerprint density at radius 1 is 1.50 bits per heavy atom. The van der Waals surface area contributed by atoms with E-state index < -0.39 is 17.9 Å². The summed E-state index contributed by atoms with van der Waals surface area (Å²) in [7, 11) is 0. The second kappa shape index (κ2) is 5.31. The molecule has 2 N–H and O–H groups in total. The fourth-order valence-electron chi connectivity index (χ4n) is 1.60. The van der Waals surface area contributed by atoms with Gasteiger partial charge in [0, 0.05) is 12.5 Å². The average molecular weight is 248 g/mol. The molecule has 1 aliphatic heterocycles. The van der Waals surface area contributed by atoms with Gasteiger partial charge in [0.15, 0.2) is 0 Å². The van der Waals surface area contributed by atoms with Crippen molar-refractivity contribution in [1.82, 2.24) is 10.6 Å². The van der Waals surface area contributed by atoms with Crippen molar-refractivity contribution in [3.8, 4) is 0 Å². The van der Waals surface area contributed by atoms with Gasteiger partial charge in [-0.25, -0.2) is 0 Å². The highest BCUT2D eigenvalue weighted by Gasteiger charge is 2.27. The second-order valence-electron chi connectivity index (χ2n) is 3.86. The maximum atomic E-state index is 11.5. The van der Waals surface area contributed by atoms with E-state index in [1.807, 2.05) is 0 Å². The molecule has 2 rings (SSSR count). The normalized spacial score (nSPS) is 19.9. The molecular formula is C12H12N2O4. The van der Waals surface area contributed by atoms with Gasteiger partial charge in [-0.05, 0) is 24.6 Å². The molecule has 1 fully saturated rings. The zero-order valence-electron chi connectivity index (χ0n) is 9.51. The van der Waals surface area contributed by atoms with Gasteiger partial charge in [-0.1, -0.05) is 0 Å². The molecule has 1 aromatic heterocycles. The van der Waals surface area contributed by atoms with Crippen LogP contribution in [0, 0.1) is 0 Å². The fourth-order valence-corrected chi connectivity index (χ4v) is 1.60. The van der Waals surface area contributed by atoms with Crippen LogP contribution in [0.1, 0.15) is 18.6 Å². The zero-order valence-corrected chi connectivity index (χ0v) is 9.51. The van der Waals surface area contributed by atoms with Gasteiger partial charge in [0.05, 0.1) is 6.26 Å². The molecule has 0 aromatic carbocycles. The third-order valence-corrected chi connectivity index (χ3v) is 2.50. The van der Waals surface area contributed by atoms with Gasteiger partial charge < -0.3 is 9.73 Å². The van der Waals surface area contributed by atoms with Crippen molar-refractivity contribution in [2.75, 3.05) is 0 Å². The molecule has 6 heteroatoms. The van der Waals surface area contributed by atoms with Gasteiger partial charge in [-0.2, -0.15) is 0 Å². The van der Waals surface area contributed by atoms with Gasteiger partial charge in [0.1, 0.15) is 11.8 Å². The molecule has 0 spiro atoms. The quantitative estimate of drug-likeness (QED) is 0.591. The highest BCUT2D eigenvalue weighted by molar-refractivity contribution is 6.03. The SMILES string of the molecule is O=C(/C=C/c1ccco1)NC1CCC(=O)NC1=O. The number of piperidine rings is 1. The topological polar surface area (TPSA) is 88.4 Å². The van der Waals surface area contributed by atoms with E-state index in [9.17, 15) is 14.4 Å². The van der Waals surface area contributed by atoms with Crippen molar-refractivity contribution in [2.24, 2.45) is 0 Å². The van der Waals surface area contributed by atoms with Crippen molar-refractivity contribution in [2.45, 2.75) is 18.9 Å². The number of hydrogen-bond donors (Lipinski definition) is 2. The van der Waals surface area contributed by atoms with Crippen LogP contribution in [0.3, 0.4) is 0 Å². The van der Waals surface area contributed by atoms with Crippen molar-refractivity contribution < 1.29 is 18.8 Å². The number of hydrogen-bond acceptors (Lipinski definition) is 4. The Morgan fingerprint density at radius 3 is 3.00 bits per heavy atom. The lowest BCUT2D eigenvalue weighted by atomic mass is 10.1. The van der Waals surface area contributed by atoms with Crippen LogP contribution >= 0.6 is 0 Å². The molecule has 0 radical (unpaired) electrons. The summed E-state index contributed by atoms with van der Waals surface area (Å²) in [5.41, 5.74) is 0. The number of imide groups is 1. The van der Waals surface area contributed by atoms with E-state index in [0.29, 0.717) is 12.2 Å². The Kier molecular flexibility index (Phi) is 3.57. The smallest absolute Gasteiger partial charge is 0.249 e. The van der Waals surface area contributed by atoms with Gasteiger partial charge in [-0.3, -0.25) is 19.7 Å². The summed E-state index contributed by atoms with van der Waals surface area (Å²) in [6.07, 6.45) is 4.84. The first-order chi connectivity index (χ1) is 8.65. The summed E-state index contributed by atoms with van der Waals surface area (Å²) in [6, 6.07) is 2.75. The molecule has 1 aliphatic rings. The lowest BCUT2D eigenvalue weighted by Gasteiger charge is -2.20. The molecule has 0 aliphatic carbocycles. The van der Waals surface area contributed by atoms with Crippen LogP contribution in [0.4, 0.5) is 0 Å². The van der Waals surface area contributed by atoms with Crippen molar-refractivity contribution in [1.29, 1.82) is 0 Å². The summed E-state index contributed by atoms with van der Waals surface area (Å²) < 4.78 is 5.02. The van der Waals surface area contributed by atoms with Crippen LogP contribution in [0.2, 0.25) is 0 Å². The van der Waals surface area contributed by atoms with Crippen molar-refractivity contribution >= 4 is 23.8 Å². The minimum absolute atomic E-state index is 0.235. The number of nitrogens with one attached hydrogen (secondary N) is 2. The molecule has 1 atom stereocenters. The molecule has 1 saturated heterocycles. The Hall–Kier alpha value is -2.37. The first-order valence-corrected chi connectivity index (χ1v) is 5.51. The monoisotopic (exact) mass is 248 g/mol. The van der Waals surface area contributed by atoms with E-state index in [1.165, 1.54) is 18.4 Å². The molecule has 1 aromatic rings. The van der Waals surface area contributed by atoms with Crippen LogP contribution in [0.15, 0.2) is 28.9 Å². The summed E-state index contributed by atoms with van der Waals surface area (Å²) in [6.45, 7) is 0. The van der Waals surface area contributed by atoms with E-state index >= 15 is 0 Å². The lowest BCUT2D eigenvalue weighted by Crippen LogP contribution is -2.51. The number of amides is 3. The predicted octanol–water partition coefficient (Wildman–Crippen LogP) is 0.214. The lowest BCUT2D eigenvalue weighted by molar-refractivity contribution is -0.136. The molecule has 2 heterocycles. The second-order valence-corrected chi connectivity index (χ2v) is 3.86. The van der Waals surface area contributed by atoms with E-state index in [2.05, 4.69) is 10.6 Å². The van der Waals surface area contributed by atoms with Gasteiger partial charge in [0.25, 0.3) is 0 Å². The molecule has 18 heavy (non-hydrogen) atoms. The van der Waals surface area contributed by atoms with E-state index in [1.54, 1.807) is 12.1 Å². The highest BCUT2D eigenvalue weighted by Crippen LogP contribution is 2.05. The Balaban J connectivity index is 1.88. The number of furan rings is 1. The molecule has 0 saturated carbocycles. The minimum Gasteiger partial charge on any atom is -0.465 e. The van der Waals surface area contributed by atoms with Crippen LogP contribution in [-0.4, -0.2) is 23.8 Å². The minimum atomic E-state index is -0.656. The van der Waals surface area contributed by atoms with Crippen LogP contribution in [0.5, 0.6) is 0 Å². The molecule has 1 unspecified atom stereocenters. The molecule has 94 valence electrons. The molecule has 3 amide bonds. The molecular weight excluding hydrogens is 236 g/mol. The standard InChI is InChI=1S/C12H12N2O4/c15-10(5-3-8-2-1-7-18-8)13-9-4-6-11(16)14-12(9)17/h1-3,5,7,9H,4,6H2,(H,13,15)(H,14,16,17)/b5-3+. The van der Waals surface area contributed by atoms with Gasteiger partial charge >= 0.3 is 0 Å². The van der Waals surface area contributed by atoms with Crippen LogP contribution in [-0.2, 0) is 14.4 Å². The zero-order chi connectivity index (χ0) is 13.0. The van der Waals surface area contributed by atoms with Crippen molar-refractivity contribution in [3.05, 3.63) is 30.2 Å². The van der Waals surface area contributed by atoms with Gasteiger partial charge in [0.2, 0.25) is 17.7 Å². The largest absolute Gasteiger partial charge is 0.465 e. The third kappa shape index (κ3) is 3.07. The van der Waals surface area contributed by atoms with Crippen molar-refractivity contribution in [3.63, 3.8) is 0 Å². The van der Waals surface area contributed by atoms with Gasteiger partial charge in [-0.15, -0.1) is 0 Å². The Labute approximate surface area is 103 Å². The third-order valence-electron chi connectivity index (χ3n) is 2.50. The summed E-state index contributed by atoms with van der Waals surface area (Å²) >= 11 is 0. The highest BCUT2D eigenvalue weighted by atomic mass is 16.3. The number of rotatable bonds is 3. The first kappa shape index (κ1) is 12.1. The van der Waals surface area contributed by atoms with E-state index in [4.69, 9.17) is 4.42 Å². The first-order valence-electron chi connectivity index (χ1n) is 5.51. The van der Waals surface area contributed by atoms with Crippen LogP contribution in [0.25, 0.3) is 6.08 Å². The summed E-state index contributed by atoms with van der Waals surface area (Å²) in [4.78, 5) is 33.8. The number of carbonyl (C=O) groups excluding carboxylic acids is 3. The summed E-state index contributed by atoms with van der Waals surface area (Å²) in [5.74, 6) is -0.628. The fraction of sp³-hybridized carbons (Fsp3) is 0.250. The molecule has 6 nitrogen and oxygen atoms in total. The Morgan fingerprint density at radius 2 is 2.33 bits per heavy atom. The van der Waals surface area contributed by atoms with E-state index in [0.717, 1.165) is 0 Å². The maximum absolute atomic E-state index is 11.5. The number of carbonyl (C=O) groups is 3. The summed E-state index contributed by atoms with van der Waals surface area (Å²) in [5, 5.41) is 4.69. The average Bonchev–Trinajstić information content (AvgIpc) is 2.83. The molecule has 0 bridgehead atoms. The predicted molar refractivity (Wildman–Crippen MR) is 62.1 cm³/mol. The van der Waals surface area contributed by atoms with Crippen LogP contribution < -0.4 is 10.6 Å². The van der Waals surface area contributed by atoms with E-state index in [-0.39, 0.29) is 12.3 Å². The maximum Gasteiger partial charge on any atom is 0.249 e. The Bertz CT molecular complexity index is 490.